The van der Waals surface area contributed by atoms with Crippen molar-refractivity contribution in [2.24, 2.45) is 0 Å². The summed E-state index contributed by atoms with van der Waals surface area (Å²) < 4.78 is 0. The fourth-order valence-corrected chi connectivity index (χ4v) is 1.44. The molecule has 2 aromatic rings. The molecule has 0 aliphatic heterocycles. The van der Waals surface area contributed by atoms with Crippen LogP contribution in [-0.4, -0.2) is 9.91 Å². The average Bonchev–Trinajstić information content (AvgIpc) is 2.38. The molecule has 4 nitrogen and oxygen atoms in total. The maximum Gasteiger partial charge on any atom is 0.276 e. The van der Waals surface area contributed by atoms with Gasteiger partial charge < -0.3 is 0 Å². The molecule has 0 N–H and O–H groups in total. The summed E-state index contributed by atoms with van der Waals surface area (Å²) in [6.07, 6.45) is 5.13. The highest BCUT2D eigenvalue weighted by atomic mass is 16.6. The summed E-state index contributed by atoms with van der Waals surface area (Å²) in [5.74, 6) is 0. The molecule has 0 atom stereocenters. The van der Waals surface area contributed by atoms with E-state index in [-0.39, 0.29) is 5.69 Å². The first-order valence-corrected chi connectivity index (χ1v) is 5.10. The van der Waals surface area contributed by atoms with Crippen LogP contribution < -0.4 is 0 Å². The molecule has 1 heterocycles. The van der Waals surface area contributed by atoms with Crippen LogP contribution in [-0.2, 0) is 0 Å². The van der Waals surface area contributed by atoms with Gasteiger partial charge in [0.05, 0.1) is 16.2 Å². The van der Waals surface area contributed by atoms with Crippen LogP contribution in [0.4, 0.5) is 5.69 Å². The molecule has 0 bridgehead atoms. The molecular formula is C13H10N2O2. The van der Waals surface area contributed by atoms with Gasteiger partial charge in [-0.1, -0.05) is 18.2 Å². The Labute approximate surface area is 98.4 Å². The van der Waals surface area contributed by atoms with Crippen LogP contribution in [0.3, 0.4) is 0 Å². The Morgan fingerprint density at radius 1 is 1.06 bits per heavy atom. The van der Waals surface area contributed by atoms with E-state index in [9.17, 15) is 10.1 Å². The highest BCUT2D eigenvalue weighted by Crippen LogP contribution is 2.19. The van der Waals surface area contributed by atoms with Crippen LogP contribution in [0.2, 0.25) is 0 Å². The van der Waals surface area contributed by atoms with Gasteiger partial charge >= 0.3 is 0 Å². The third-order valence-electron chi connectivity index (χ3n) is 2.25. The Morgan fingerprint density at radius 2 is 1.82 bits per heavy atom. The van der Waals surface area contributed by atoms with Crippen molar-refractivity contribution in [3.05, 3.63) is 70.0 Å². The molecule has 2 rings (SSSR count). The Kier molecular flexibility index (Phi) is 3.25. The molecule has 0 aliphatic rings. The Bertz CT molecular complexity index is 550. The molecule has 1 aromatic carbocycles. The van der Waals surface area contributed by atoms with E-state index in [2.05, 4.69) is 4.98 Å². The standard InChI is InChI=1S/C13H10N2O2/c16-15(17)13-7-2-1-5-11(13)8-9-12-6-3-4-10-14-12/h1-10H. The van der Waals surface area contributed by atoms with Gasteiger partial charge in [-0.25, -0.2) is 0 Å². The summed E-state index contributed by atoms with van der Waals surface area (Å²) >= 11 is 0. The molecule has 17 heavy (non-hydrogen) atoms. The van der Waals surface area contributed by atoms with Crippen molar-refractivity contribution >= 4 is 17.8 Å². The molecule has 0 fully saturated rings. The van der Waals surface area contributed by atoms with E-state index in [1.807, 2.05) is 18.2 Å². The summed E-state index contributed by atoms with van der Waals surface area (Å²) in [4.78, 5) is 14.5. The number of nitro benzene ring substituents is 1. The lowest BCUT2D eigenvalue weighted by Crippen LogP contribution is -1.90. The van der Waals surface area contributed by atoms with Gasteiger partial charge in [0.15, 0.2) is 0 Å². The fraction of sp³-hybridized carbons (Fsp3) is 0. The van der Waals surface area contributed by atoms with Crippen molar-refractivity contribution in [2.45, 2.75) is 0 Å². The lowest BCUT2D eigenvalue weighted by molar-refractivity contribution is -0.385. The summed E-state index contributed by atoms with van der Waals surface area (Å²) in [7, 11) is 0. The topological polar surface area (TPSA) is 56.0 Å². The van der Waals surface area contributed by atoms with Crippen molar-refractivity contribution in [2.75, 3.05) is 0 Å². The fourth-order valence-electron chi connectivity index (χ4n) is 1.44. The molecule has 0 spiro atoms. The van der Waals surface area contributed by atoms with E-state index >= 15 is 0 Å². The maximum absolute atomic E-state index is 10.8. The van der Waals surface area contributed by atoms with Crippen LogP contribution in [0.15, 0.2) is 48.7 Å². The number of hydrogen-bond donors (Lipinski definition) is 0. The van der Waals surface area contributed by atoms with Gasteiger partial charge in [0.25, 0.3) is 5.69 Å². The number of nitro groups is 1. The second-order valence-electron chi connectivity index (χ2n) is 3.40. The van der Waals surface area contributed by atoms with E-state index in [0.29, 0.717) is 5.56 Å². The molecule has 4 heteroatoms. The molecule has 0 saturated carbocycles. The largest absolute Gasteiger partial charge is 0.276 e. The van der Waals surface area contributed by atoms with Crippen LogP contribution >= 0.6 is 0 Å². The third-order valence-corrected chi connectivity index (χ3v) is 2.25. The minimum Gasteiger partial charge on any atom is -0.258 e. The third kappa shape index (κ3) is 2.75. The number of benzene rings is 1. The number of rotatable bonds is 3. The lowest BCUT2D eigenvalue weighted by Gasteiger charge is -1.96. The first-order chi connectivity index (χ1) is 8.27. The molecule has 0 aliphatic carbocycles. The van der Waals surface area contributed by atoms with Crippen LogP contribution in [0.25, 0.3) is 12.2 Å². The van der Waals surface area contributed by atoms with Gasteiger partial charge in [-0.15, -0.1) is 0 Å². The Balaban J connectivity index is 2.30. The predicted octanol–water partition coefficient (Wildman–Crippen LogP) is 3.16. The summed E-state index contributed by atoms with van der Waals surface area (Å²) in [5.41, 5.74) is 1.44. The lowest BCUT2D eigenvalue weighted by atomic mass is 10.1. The maximum atomic E-state index is 10.8. The van der Waals surface area contributed by atoms with Gasteiger partial charge in [-0.05, 0) is 30.4 Å². The Morgan fingerprint density at radius 3 is 2.53 bits per heavy atom. The smallest absolute Gasteiger partial charge is 0.258 e. The average molecular weight is 226 g/mol. The van der Waals surface area contributed by atoms with Gasteiger partial charge in [0.1, 0.15) is 0 Å². The monoisotopic (exact) mass is 226 g/mol. The van der Waals surface area contributed by atoms with E-state index in [4.69, 9.17) is 0 Å². The zero-order valence-electron chi connectivity index (χ0n) is 8.98. The van der Waals surface area contributed by atoms with Crippen molar-refractivity contribution < 1.29 is 4.92 Å². The molecule has 0 unspecified atom stereocenters. The van der Waals surface area contributed by atoms with Crippen molar-refractivity contribution in [3.8, 4) is 0 Å². The van der Waals surface area contributed by atoms with Gasteiger partial charge in [0, 0.05) is 12.3 Å². The highest BCUT2D eigenvalue weighted by Gasteiger charge is 2.08. The number of nitrogens with zero attached hydrogens (tertiary/aromatic N) is 2. The summed E-state index contributed by atoms with van der Waals surface area (Å²) in [5, 5.41) is 10.8. The molecule has 0 saturated heterocycles. The number of aromatic nitrogens is 1. The second-order valence-corrected chi connectivity index (χ2v) is 3.40. The quantitative estimate of drug-likeness (QED) is 0.596. The van der Waals surface area contributed by atoms with Crippen molar-refractivity contribution in [1.82, 2.24) is 4.98 Å². The van der Waals surface area contributed by atoms with E-state index in [1.54, 1.807) is 36.5 Å². The second kappa shape index (κ2) is 5.03. The first-order valence-electron chi connectivity index (χ1n) is 5.10. The van der Waals surface area contributed by atoms with Crippen LogP contribution in [0.1, 0.15) is 11.3 Å². The van der Waals surface area contributed by atoms with Crippen molar-refractivity contribution in [1.29, 1.82) is 0 Å². The molecular weight excluding hydrogens is 216 g/mol. The normalized spacial score (nSPS) is 10.6. The van der Waals surface area contributed by atoms with E-state index < -0.39 is 4.92 Å². The predicted molar refractivity (Wildman–Crippen MR) is 66.3 cm³/mol. The summed E-state index contributed by atoms with van der Waals surface area (Å²) in [6.45, 7) is 0. The van der Waals surface area contributed by atoms with Gasteiger partial charge in [-0.2, -0.15) is 0 Å². The first kappa shape index (κ1) is 11.0. The minimum absolute atomic E-state index is 0.0969. The minimum atomic E-state index is -0.391. The van der Waals surface area contributed by atoms with E-state index in [1.165, 1.54) is 6.07 Å². The highest BCUT2D eigenvalue weighted by molar-refractivity contribution is 5.72. The molecule has 1 aromatic heterocycles. The molecule has 84 valence electrons. The van der Waals surface area contributed by atoms with Crippen LogP contribution in [0.5, 0.6) is 0 Å². The van der Waals surface area contributed by atoms with E-state index in [0.717, 1.165) is 5.69 Å². The zero-order valence-corrected chi connectivity index (χ0v) is 8.98. The van der Waals surface area contributed by atoms with Crippen molar-refractivity contribution in [3.63, 3.8) is 0 Å². The van der Waals surface area contributed by atoms with Gasteiger partial charge in [-0.3, -0.25) is 15.1 Å². The SMILES string of the molecule is O=[N+]([O-])c1ccccc1C=Cc1ccccn1. The number of para-hydroxylation sites is 1. The molecule has 0 radical (unpaired) electrons. The Hall–Kier alpha value is -2.49. The van der Waals surface area contributed by atoms with Crippen LogP contribution in [0, 0.1) is 10.1 Å². The van der Waals surface area contributed by atoms with Gasteiger partial charge in [0.2, 0.25) is 0 Å². The zero-order chi connectivity index (χ0) is 12.1. The molecule has 0 amide bonds. The summed E-state index contributed by atoms with van der Waals surface area (Å²) in [6, 6.07) is 12.1. The number of hydrogen-bond acceptors (Lipinski definition) is 3. The number of pyridine rings is 1.